The van der Waals surface area contributed by atoms with Gasteiger partial charge in [-0.2, -0.15) is 0 Å². The second-order valence-electron chi connectivity index (χ2n) is 4.75. The summed E-state index contributed by atoms with van der Waals surface area (Å²) in [7, 11) is 1.87. The first-order valence-electron chi connectivity index (χ1n) is 6.57. The molecule has 0 saturated heterocycles. The van der Waals surface area contributed by atoms with Gasteiger partial charge in [0, 0.05) is 36.0 Å². The summed E-state index contributed by atoms with van der Waals surface area (Å²) in [6, 6.07) is 8.22. The highest BCUT2D eigenvalue weighted by Gasteiger charge is 2.12. The SMILES string of the molecule is CNc1nc(C)nc(-c2cncc3ccccc23)c1C. The Morgan fingerprint density at radius 3 is 2.60 bits per heavy atom. The van der Waals surface area contributed by atoms with Crippen LogP contribution in [-0.4, -0.2) is 22.0 Å². The Hall–Kier alpha value is -2.49. The lowest BCUT2D eigenvalue weighted by Crippen LogP contribution is -2.03. The van der Waals surface area contributed by atoms with Crippen LogP contribution in [0.25, 0.3) is 22.0 Å². The third-order valence-corrected chi connectivity index (χ3v) is 3.42. The van der Waals surface area contributed by atoms with Crippen molar-refractivity contribution in [3.8, 4) is 11.3 Å². The zero-order chi connectivity index (χ0) is 14.1. The molecule has 0 amide bonds. The molecule has 0 bridgehead atoms. The van der Waals surface area contributed by atoms with Crippen molar-refractivity contribution in [1.82, 2.24) is 15.0 Å². The lowest BCUT2D eigenvalue weighted by atomic mass is 10.0. The van der Waals surface area contributed by atoms with Crippen molar-refractivity contribution in [1.29, 1.82) is 0 Å². The number of hydrogen-bond acceptors (Lipinski definition) is 4. The highest BCUT2D eigenvalue weighted by molar-refractivity contribution is 5.95. The first kappa shape index (κ1) is 12.5. The van der Waals surface area contributed by atoms with Crippen LogP contribution in [-0.2, 0) is 0 Å². The molecule has 0 saturated carbocycles. The zero-order valence-corrected chi connectivity index (χ0v) is 11.8. The van der Waals surface area contributed by atoms with Gasteiger partial charge < -0.3 is 5.32 Å². The summed E-state index contributed by atoms with van der Waals surface area (Å²) in [5, 5.41) is 5.40. The molecule has 1 N–H and O–H groups in total. The average Bonchev–Trinajstić information content (AvgIpc) is 2.48. The third kappa shape index (κ3) is 1.99. The first-order chi connectivity index (χ1) is 9.70. The Balaban J connectivity index is 2.34. The van der Waals surface area contributed by atoms with E-state index in [0.717, 1.165) is 39.2 Å². The Morgan fingerprint density at radius 1 is 1.00 bits per heavy atom. The molecule has 0 aliphatic rings. The van der Waals surface area contributed by atoms with Gasteiger partial charge in [-0.1, -0.05) is 24.3 Å². The molecule has 4 nitrogen and oxygen atoms in total. The van der Waals surface area contributed by atoms with Gasteiger partial charge in [-0.05, 0) is 19.2 Å². The lowest BCUT2D eigenvalue weighted by Gasteiger charge is -2.12. The van der Waals surface area contributed by atoms with Crippen molar-refractivity contribution >= 4 is 16.6 Å². The lowest BCUT2D eigenvalue weighted by molar-refractivity contribution is 1.04. The molecular weight excluding hydrogens is 248 g/mol. The van der Waals surface area contributed by atoms with E-state index >= 15 is 0 Å². The molecule has 2 aromatic heterocycles. The summed E-state index contributed by atoms with van der Waals surface area (Å²) in [4.78, 5) is 13.4. The number of rotatable bonds is 2. The molecule has 0 spiro atoms. The summed E-state index contributed by atoms with van der Waals surface area (Å²) in [6.45, 7) is 3.94. The molecular formula is C16H16N4. The molecule has 0 atom stereocenters. The first-order valence-corrected chi connectivity index (χ1v) is 6.57. The number of nitrogens with zero attached hydrogens (tertiary/aromatic N) is 3. The minimum Gasteiger partial charge on any atom is -0.373 e. The minimum absolute atomic E-state index is 0.753. The summed E-state index contributed by atoms with van der Waals surface area (Å²) >= 11 is 0. The number of benzene rings is 1. The van der Waals surface area contributed by atoms with Gasteiger partial charge >= 0.3 is 0 Å². The maximum absolute atomic E-state index is 4.61. The van der Waals surface area contributed by atoms with E-state index in [-0.39, 0.29) is 0 Å². The van der Waals surface area contributed by atoms with Crippen LogP contribution in [0.5, 0.6) is 0 Å². The Labute approximate surface area is 117 Å². The van der Waals surface area contributed by atoms with Gasteiger partial charge in [-0.25, -0.2) is 9.97 Å². The monoisotopic (exact) mass is 264 g/mol. The second-order valence-corrected chi connectivity index (χ2v) is 4.75. The molecule has 0 aliphatic carbocycles. The highest BCUT2D eigenvalue weighted by Crippen LogP contribution is 2.30. The van der Waals surface area contributed by atoms with E-state index in [4.69, 9.17) is 0 Å². The molecule has 20 heavy (non-hydrogen) atoms. The summed E-state index contributed by atoms with van der Waals surface area (Å²) in [6.07, 6.45) is 3.75. The van der Waals surface area contributed by atoms with Crippen molar-refractivity contribution in [2.45, 2.75) is 13.8 Å². The van der Waals surface area contributed by atoms with E-state index in [1.807, 2.05) is 45.4 Å². The van der Waals surface area contributed by atoms with Crippen LogP contribution in [0.4, 0.5) is 5.82 Å². The van der Waals surface area contributed by atoms with Gasteiger partial charge in [0.15, 0.2) is 0 Å². The number of pyridine rings is 1. The topological polar surface area (TPSA) is 50.7 Å². The molecule has 1 aromatic carbocycles. The number of nitrogens with one attached hydrogen (secondary N) is 1. The molecule has 100 valence electrons. The summed E-state index contributed by atoms with van der Waals surface area (Å²) in [5.41, 5.74) is 3.02. The van der Waals surface area contributed by atoms with Gasteiger partial charge in [-0.15, -0.1) is 0 Å². The van der Waals surface area contributed by atoms with E-state index in [1.165, 1.54) is 0 Å². The van der Waals surface area contributed by atoms with Crippen molar-refractivity contribution in [2.75, 3.05) is 12.4 Å². The normalized spacial score (nSPS) is 10.8. The molecule has 0 aliphatic heterocycles. The van der Waals surface area contributed by atoms with E-state index in [1.54, 1.807) is 0 Å². The van der Waals surface area contributed by atoms with Crippen LogP contribution in [0.15, 0.2) is 36.7 Å². The second kappa shape index (κ2) is 4.89. The number of anilines is 1. The van der Waals surface area contributed by atoms with Crippen molar-refractivity contribution < 1.29 is 0 Å². The largest absolute Gasteiger partial charge is 0.373 e. The summed E-state index contributed by atoms with van der Waals surface area (Å²) < 4.78 is 0. The predicted octanol–water partition coefficient (Wildman–Crippen LogP) is 3.35. The van der Waals surface area contributed by atoms with Crippen molar-refractivity contribution in [3.63, 3.8) is 0 Å². The number of aromatic nitrogens is 3. The number of aryl methyl sites for hydroxylation is 1. The molecule has 0 unspecified atom stereocenters. The molecule has 3 rings (SSSR count). The maximum Gasteiger partial charge on any atom is 0.132 e. The Morgan fingerprint density at radius 2 is 1.80 bits per heavy atom. The van der Waals surface area contributed by atoms with Crippen molar-refractivity contribution in [2.24, 2.45) is 0 Å². The smallest absolute Gasteiger partial charge is 0.132 e. The van der Waals surface area contributed by atoms with E-state index in [2.05, 4.69) is 32.4 Å². The zero-order valence-electron chi connectivity index (χ0n) is 11.8. The predicted molar refractivity (Wildman–Crippen MR) is 81.8 cm³/mol. The molecule has 3 aromatic rings. The number of fused-ring (bicyclic) bond motifs is 1. The standard InChI is InChI=1S/C16H16N4/c1-10-15(19-11(2)20-16(10)17-3)14-9-18-8-12-6-4-5-7-13(12)14/h4-9H,1-3H3,(H,17,19,20). The fraction of sp³-hybridized carbons (Fsp3) is 0.188. The van der Waals surface area contributed by atoms with Crippen LogP contribution in [0.1, 0.15) is 11.4 Å². The van der Waals surface area contributed by atoms with Gasteiger partial charge in [0.2, 0.25) is 0 Å². The van der Waals surface area contributed by atoms with Gasteiger partial charge in [-0.3, -0.25) is 4.98 Å². The molecule has 2 heterocycles. The van der Waals surface area contributed by atoms with Crippen LogP contribution in [0.3, 0.4) is 0 Å². The fourth-order valence-electron chi connectivity index (χ4n) is 2.44. The van der Waals surface area contributed by atoms with E-state index < -0.39 is 0 Å². The molecule has 0 fully saturated rings. The fourth-order valence-corrected chi connectivity index (χ4v) is 2.44. The van der Waals surface area contributed by atoms with Gasteiger partial charge in [0.25, 0.3) is 0 Å². The maximum atomic E-state index is 4.61. The minimum atomic E-state index is 0.753. The van der Waals surface area contributed by atoms with Crippen LogP contribution >= 0.6 is 0 Å². The average molecular weight is 264 g/mol. The van der Waals surface area contributed by atoms with Crippen molar-refractivity contribution in [3.05, 3.63) is 48.0 Å². The van der Waals surface area contributed by atoms with Gasteiger partial charge in [0.1, 0.15) is 11.6 Å². The third-order valence-electron chi connectivity index (χ3n) is 3.42. The van der Waals surface area contributed by atoms with E-state index in [9.17, 15) is 0 Å². The highest BCUT2D eigenvalue weighted by atomic mass is 15.0. The van der Waals surface area contributed by atoms with Crippen LogP contribution < -0.4 is 5.32 Å². The van der Waals surface area contributed by atoms with E-state index in [0.29, 0.717) is 0 Å². The van der Waals surface area contributed by atoms with Gasteiger partial charge in [0.05, 0.1) is 5.69 Å². The number of hydrogen-bond donors (Lipinski definition) is 1. The Kier molecular flexibility index (Phi) is 3.06. The quantitative estimate of drug-likeness (QED) is 0.771. The summed E-state index contributed by atoms with van der Waals surface area (Å²) in [5.74, 6) is 1.61. The Bertz CT molecular complexity index is 775. The molecule has 0 radical (unpaired) electrons. The molecule has 4 heteroatoms. The van der Waals surface area contributed by atoms with Crippen LogP contribution in [0, 0.1) is 13.8 Å². The van der Waals surface area contributed by atoms with Crippen LogP contribution in [0.2, 0.25) is 0 Å².